The van der Waals surface area contributed by atoms with Crippen molar-refractivity contribution in [2.24, 2.45) is 5.73 Å². The molecule has 3 N–H and O–H groups in total. The third-order valence-electron chi connectivity index (χ3n) is 3.79. The van der Waals surface area contributed by atoms with Gasteiger partial charge in [0.1, 0.15) is 0 Å². The van der Waals surface area contributed by atoms with Crippen LogP contribution < -0.4 is 11.1 Å². The van der Waals surface area contributed by atoms with Crippen LogP contribution in [0.1, 0.15) is 25.3 Å². The summed E-state index contributed by atoms with van der Waals surface area (Å²) in [5.41, 5.74) is 7.12. The van der Waals surface area contributed by atoms with Crippen molar-refractivity contribution in [3.63, 3.8) is 0 Å². The van der Waals surface area contributed by atoms with Gasteiger partial charge in [-0.15, -0.1) is 0 Å². The predicted octanol–water partition coefficient (Wildman–Crippen LogP) is 1.16. The van der Waals surface area contributed by atoms with Gasteiger partial charge in [-0.25, -0.2) is 0 Å². The smallest absolute Gasteiger partial charge is 0.234 e. The summed E-state index contributed by atoms with van der Waals surface area (Å²) in [4.78, 5) is 14.2. The molecule has 1 heterocycles. The first kappa shape index (κ1) is 15.0. The lowest BCUT2D eigenvalue weighted by Crippen LogP contribution is -2.46. The first-order valence-corrected chi connectivity index (χ1v) is 7.44. The first-order chi connectivity index (χ1) is 9.63. The zero-order chi connectivity index (χ0) is 14.4. The van der Waals surface area contributed by atoms with Gasteiger partial charge in [0.05, 0.1) is 6.54 Å². The number of nitrogens with two attached hydrogens (primary N) is 1. The molecule has 110 valence electrons. The summed E-state index contributed by atoms with van der Waals surface area (Å²) in [6, 6.07) is 10.7. The minimum Gasteiger partial charge on any atom is -0.352 e. The normalized spacial score (nSPS) is 18.7. The molecule has 4 heteroatoms. The Labute approximate surface area is 121 Å². The van der Waals surface area contributed by atoms with Crippen LogP contribution in [0.25, 0.3) is 0 Å². The Balaban J connectivity index is 1.71. The van der Waals surface area contributed by atoms with E-state index in [1.54, 1.807) is 0 Å². The fourth-order valence-corrected chi connectivity index (χ4v) is 2.65. The van der Waals surface area contributed by atoms with Crippen LogP contribution in [-0.4, -0.2) is 42.5 Å². The van der Waals surface area contributed by atoms with Crippen LogP contribution in [-0.2, 0) is 11.2 Å². The molecular weight excluding hydrogens is 250 g/mol. The maximum absolute atomic E-state index is 12.0. The molecule has 1 aliphatic rings. The maximum atomic E-state index is 12.0. The van der Waals surface area contributed by atoms with Crippen LogP contribution in [0.5, 0.6) is 0 Å². The van der Waals surface area contributed by atoms with Crippen molar-refractivity contribution < 1.29 is 4.79 Å². The third kappa shape index (κ3) is 4.94. The summed E-state index contributed by atoms with van der Waals surface area (Å²) in [7, 11) is 0. The Kier molecular flexibility index (Phi) is 5.56. The second kappa shape index (κ2) is 7.41. The first-order valence-electron chi connectivity index (χ1n) is 7.44. The van der Waals surface area contributed by atoms with Crippen molar-refractivity contribution in [2.45, 2.75) is 38.3 Å². The molecule has 0 bridgehead atoms. The molecule has 0 radical (unpaired) electrons. The number of hydrogen-bond donors (Lipinski definition) is 2. The van der Waals surface area contributed by atoms with Crippen molar-refractivity contribution in [1.29, 1.82) is 0 Å². The van der Waals surface area contributed by atoms with Gasteiger partial charge in [0.25, 0.3) is 0 Å². The minimum absolute atomic E-state index is 0.115. The van der Waals surface area contributed by atoms with Crippen molar-refractivity contribution in [1.82, 2.24) is 10.2 Å². The number of nitrogens with zero attached hydrogens (tertiary/aromatic N) is 1. The largest absolute Gasteiger partial charge is 0.352 e. The van der Waals surface area contributed by atoms with Gasteiger partial charge in [-0.3, -0.25) is 9.69 Å². The molecule has 1 aliphatic heterocycles. The summed E-state index contributed by atoms with van der Waals surface area (Å²) in [6.45, 7) is 4.41. The maximum Gasteiger partial charge on any atom is 0.234 e. The van der Waals surface area contributed by atoms with E-state index in [-0.39, 0.29) is 11.9 Å². The van der Waals surface area contributed by atoms with E-state index in [2.05, 4.69) is 29.3 Å². The number of piperidine rings is 1. The molecule has 0 aliphatic carbocycles. The number of nitrogens with one attached hydrogen (secondary N) is 1. The summed E-state index contributed by atoms with van der Waals surface area (Å²) in [6.07, 6.45) is 2.86. The molecule has 1 aromatic rings. The zero-order valence-electron chi connectivity index (χ0n) is 12.2. The van der Waals surface area contributed by atoms with Crippen LogP contribution in [0.3, 0.4) is 0 Å². The molecule has 2 rings (SSSR count). The van der Waals surface area contributed by atoms with Crippen LogP contribution in [0.4, 0.5) is 0 Å². The van der Waals surface area contributed by atoms with E-state index in [9.17, 15) is 4.79 Å². The van der Waals surface area contributed by atoms with Gasteiger partial charge < -0.3 is 11.1 Å². The number of likely N-dealkylation sites (tertiary alicyclic amines) is 1. The van der Waals surface area contributed by atoms with E-state index in [0.29, 0.717) is 12.6 Å². The third-order valence-corrected chi connectivity index (χ3v) is 3.79. The van der Waals surface area contributed by atoms with Crippen molar-refractivity contribution in [3.8, 4) is 0 Å². The Morgan fingerprint density at radius 2 is 2.00 bits per heavy atom. The Bertz CT molecular complexity index is 413. The van der Waals surface area contributed by atoms with E-state index < -0.39 is 0 Å². The number of rotatable bonds is 5. The molecule has 4 nitrogen and oxygen atoms in total. The summed E-state index contributed by atoms with van der Waals surface area (Å²) >= 11 is 0. The van der Waals surface area contributed by atoms with Crippen LogP contribution in [0.2, 0.25) is 0 Å². The predicted molar refractivity (Wildman–Crippen MR) is 81.4 cm³/mol. The van der Waals surface area contributed by atoms with Gasteiger partial charge in [-0.05, 0) is 31.7 Å². The van der Waals surface area contributed by atoms with Crippen molar-refractivity contribution in [2.75, 3.05) is 19.6 Å². The van der Waals surface area contributed by atoms with E-state index in [1.165, 1.54) is 5.56 Å². The zero-order valence-corrected chi connectivity index (χ0v) is 12.2. The summed E-state index contributed by atoms with van der Waals surface area (Å²) in [5.74, 6) is 0.115. The fourth-order valence-electron chi connectivity index (χ4n) is 2.65. The standard InChI is InChI=1S/C16H25N3O/c1-13(11-14-5-3-2-4-6-14)18-16(20)12-19-9-7-15(17)8-10-19/h2-6,13,15H,7-12,17H2,1H3,(H,18,20). The van der Waals surface area contributed by atoms with Gasteiger partial charge in [-0.1, -0.05) is 30.3 Å². The molecule has 1 unspecified atom stereocenters. The second-order valence-corrected chi connectivity index (χ2v) is 5.77. The molecule has 0 aromatic heterocycles. The number of hydrogen-bond acceptors (Lipinski definition) is 3. The topological polar surface area (TPSA) is 58.4 Å². The van der Waals surface area contributed by atoms with Crippen molar-refractivity contribution in [3.05, 3.63) is 35.9 Å². The molecule has 1 amide bonds. The molecule has 0 spiro atoms. The Morgan fingerprint density at radius 1 is 1.35 bits per heavy atom. The average molecular weight is 275 g/mol. The van der Waals surface area contributed by atoms with Gasteiger partial charge >= 0.3 is 0 Å². The highest BCUT2D eigenvalue weighted by Crippen LogP contribution is 2.07. The van der Waals surface area contributed by atoms with Crippen LogP contribution in [0, 0.1) is 0 Å². The van der Waals surface area contributed by atoms with E-state index >= 15 is 0 Å². The van der Waals surface area contributed by atoms with E-state index in [1.807, 2.05) is 18.2 Å². The van der Waals surface area contributed by atoms with Gasteiger partial charge in [0, 0.05) is 25.2 Å². The quantitative estimate of drug-likeness (QED) is 0.848. The Morgan fingerprint density at radius 3 is 2.65 bits per heavy atom. The number of carbonyl (C=O) groups is 1. The molecular formula is C16H25N3O. The van der Waals surface area contributed by atoms with Gasteiger partial charge in [-0.2, -0.15) is 0 Å². The lowest BCUT2D eigenvalue weighted by atomic mass is 10.1. The molecule has 1 atom stereocenters. The van der Waals surface area contributed by atoms with Gasteiger partial charge in [0.15, 0.2) is 0 Å². The summed E-state index contributed by atoms with van der Waals surface area (Å²) < 4.78 is 0. The van der Waals surface area contributed by atoms with Crippen LogP contribution >= 0.6 is 0 Å². The minimum atomic E-state index is 0.115. The average Bonchev–Trinajstić information content (AvgIpc) is 2.42. The fraction of sp³-hybridized carbons (Fsp3) is 0.562. The number of amides is 1. The lowest BCUT2D eigenvalue weighted by Gasteiger charge is -2.29. The number of carbonyl (C=O) groups excluding carboxylic acids is 1. The lowest BCUT2D eigenvalue weighted by molar-refractivity contribution is -0.123. The highest BCUT2D eigenvalue weighted by molar-refractivity contribution is 5.78. The SMILES string of the molecule is CC(Cc1ccccc1)NC(=O)CN1CCC(N)CC1. The highest BCUT2D eigenvalue weighted by Gasteiger charge is 2.18. The second-order valence-electron chi connectivity index (χ2n) is 5.77. The van der Waals surface area contributed by atoms with E-state index in [0.717, 1.165) is 32.4 Å². The molecule has 1 fully saturated rings. The molecule has 20 heavy (non-hydrogen) atoms. The van der Waals surface area contributed by atoms with Crippen molar-refractivity contribution >= 4 is 5.91 Å². The van der Waals surface area contributed by atoms with E-state index in [4.69, 9.17) is 5.73 Å². The van der Waals surface area contributed by atoms with Crippen LogP contribution in [0.15, 0.2) is 30.3 Å². The molecule has 1 aromatic carbocycles. The van der Waals surface area contributed by atoms with Gasteiger partial charge in [0.2, 0.25) is 5.91 Å². The Hall–Kier alpha value is -1.39. The number of benzene rings is 1. The monoisotopic (exact) mass is 275 g/mol. The highest BCUT2D eigenvalue weighted by atomic mass is 16.2. The molecule has 1 saturated heterocycles. The molecule has 0 saturated carbocycles. The summed E-state index contributed by atoms with van der Waals surface area (Å²) in [5, 5.41) is 3.08.